The van der Waals surface area contributed by atoms with Gasteiger partial charge in [-0.1, -0.05) is 30.3 Å². The van der Waals surface area contributed by atoms with E-state index in [0.29, 0.717) is 18.9 Å². The van der Waals surface area contributed by atoms with Gasteiger partial charge in [0.15, 0.2) is 0 Å². The van der Waals surface area contributed by atoms with E-state index in [1.165, 1.54) is 5.56 Å². The van der Waals surface area contributed by atoms with Gasteiger partial charge in [0.05, 0.1) is 0 Å². The van der Waals surface area contributed by atoms with Crippen molar-refractivity contribution >= 4 is 23.3 Å². The van der Waals surface area contributed by atoms with Crippen LogP contribution in [0.15, 0.2) is 48.5 Å². The number of amides is 3. The first-order chi connectivity index (χ1) is 12.7. The number of rotatable bonds is 4. The van der Waals surface area contributed by atoms with E-state index in [4.69, 9.17) is 0 Å². The largest absolute Gasteiger partial charge is 0.334 e. The molecule has 1 aliphatic heterocycles. The summed E-state index contributed by atoms with van der Waals surface area (Å²) in [5, 5.41) is 5.97. The lowest BCUT2D eigenvalue weighted by Crippen LogP contribution is -2.35. The first kappa shape index (κ1) is 16.6. The van der Waals surface area contributed by atoms with Gasteiger partial charge in [-0.2, -0.15) is 0 Å². The SMILES string of the molecule is CCN1C(=O)CCc2cc(NC(=O)N[C@@H]3C[C@@H]3c3ccccc3)ccc21. The quantitative estimate of drug-likeness (QED) is 0.885. The van der Waals surface area contributed by atoms with Gasteiger partial charge in [0.25, 0.3) is 0 Å². The Morgan fingerprint density at radius 2 is 1.96 bits per heavy atom. The van der Waals surface area contributed by atoms with E-state index in [1.54, 1.807) is 4.90 Å². The molecule has 0 bridgehead atoms. The lowest BCUT2D eigenvalue weighted by atomic mass is 10.0. The van der Waals surface area contributed by atoms with Gasteiger partial charge in [-0.25, -0.2) is 4.79 Å². The molecule has 0 aromatic heterocycles. The molecule has 2 aliphatic rings. The summed E-state index contributed by atoms with van der Waals surface area (Å²) in [5.41, 5.74) is 4.11. The zero-order chi connectivity index (χ0) is 18.1. The Balaban J connectivity index is 1.38. The van der Waals surface area contributed by atoms with Crippen molar-refractivity contribution in [1.29, 1.82) is 0 Å². The van der Waals surface area contributed by atoms with Crippen molar-refractivity contribution in [2.24, 2.45) is 0 Å². The maximum Gasteiger partial charge on any atom is 0.319 e. The molecule has 2 aromatic carbocycles. The van der Waals surface area contributed by atoms with E-state index < -0.39 is 0 Å². The molecule has 4 rings (SSSR count). The number of carbonyl (C=O) groups is 2. The van der Waals surface area contributed by atoms with Crippen LogP contribution in [0.1, 0.15) is 36.8 Å². The van der Waals surface area contributed by atoms with Crippen LogP contribution in [0.2, 0.25) is 0 Å². The standard InChI is InChI=1S/C21H23N3O2/c1-2-24-19-10-9-16(12-15(19)8-11-20(24)25)22-21(26)23-18-13-17(18)14-6-4-3-5-7-14/h3-7,9-10,12,17-18H,2,8,11,13H2,1H3,(H2,22,23,26)/t17-,18-/m1/s1. The van der Waals surface area contributed by atoms with Crippen molar-refractivity contribution in [2.45, 2.75) is 38.1 Å². The monoisotopic (exact) mass is 349 g/mol. The second-order valence-corrected chi connectivity index (χ2v) is 6.94. The predicted molar refractivity (Wildman–Crippen MR) is 103 cm³/mol. The summed E-state index contributed by atoms with van der Waals surface area (Å²) in [6, 6.07) is 16.1. The Morgan fingerprint density at radius 3 is 2.73 bits per heavy atom. The van der Waals surface area contributed by atoms with Gasteiger partial charge < -0.3 is 15.5 Å². The molecule has 5 heteroatoms. The molecular formula is C21H23N3O2. The van der Waals surface area contributed by atoms with Crippen LogP contribution in [0.5, 0.6) is 0 Å². The minimum absolute atomic E-state index is 0.166. The third-order valence-corrected chi connectivity index (χ3v) is 5.19. The molecule has 2 aromatic rings. The number of benzene rings is 2. The average molecular weight is 349 g/mol. The summed E-state index contributed by atoms with van der Waals surface area (Å²) in [6.45, 7) is 2.65. The fourth-order valence-corrected chi connectivity index (χ4v) is 3.74. The van der Waals surface area contributed by atoms with Gasteiger partial charge >= 0.3 is 6.03 Å². The second kappa shape index (κ2) is 6.83. The Labute approximate surface area is 153 Å². The molecule has 1 heterocycles. The Kier molecular flexibility index (Phi) is 4.37. The molecule has 26 heavy (non-hydrogen) atoms. The van der Waals surface area contributed by atoms with Crippen molar-refractivity contribution in [3.05, 3.63) is 59.7 Å². The Morgan fingerprint density at radius 1 is 1.15 bits per heavy atom. The summed E-state index contributed by atoms with van der Waals surface area (Å²) in [7, 11) is 0. The number of carbonyl (C=O) groups excluding carboxylic acids is 2. The van der Waals surface area contributed by atoms with Crippen LogP contribution in [-0.4, -0.2) is 24.5 Å². The van der Waals surface area contributed by atoms with Gasteiger partial charge in [0.2, 0.25) is 5.91 Å². The average Bonchev–Trinajstić information content (AvgIpc) is 3.41. The van der Waals surface area contributed by atoms with E-state index in [1.807, 2.05) is 43.3 Å². The lowest BCUT2D eigenvalue weighted by Gasteiger charge is -2.28. The number of hydrogen-bond donors (Lipinski definition) is 2. The van der Waals surface area contributed by atoms with Crippen LogP contribution in [-0.2, 0) is 11.2 Å². The zero-order valence-electron chi connectivity index (χ0n) is 14.9. The highest BCUT2D eigenvalue weighted by atomic mass is 16.2. The van der Waals surface area contributed by atoms with Gasteiger partial charge in [0.1, 0.15) is 0 Å². The Hall–Kier alpha value is -2.82. The molecule has 134 valence electrons. The van der Waals surface area contributed by atoms with Crippen LogP contribution in [0.25, 0.3) is 0 Å². The summed E-state index contributed by atoms with van der Waals surface area (Å²) >= 11 is 0. The highest BCUT2D eigenvalue weighted by Gasteiger charge is 2.39. The van der Waals surface area contributed by atoms with Gasteiger partial charge in [-0.05, 0) is 49.1 Å². The molecule has 0 saturated heterocycles. The molecule has 0 radical (unpaired) electrons. The molecule has 0 spiro atoms. The summed E-state index contributed by atoms with van der Waals surface area (Å²) in [6.07, 6.45) is 2.23. The zero-order valence-corrected chi connectivity index (χ0v) is 14.9. The second-order valence-electron chi connectivity index (χ2n) is 6.94. The Bertz CT molecular complexity index is 834. The van der Waals surface area contributed by atoms with Crippen LogP contribution < -0.4 is 15.5 Å². The number of hydrogen-bond acceptors (Lipinski definition) is 2. The number of anilines is 2. The van der Waals surface area contributed by atoms with E-state index in [9.17, 15) is 9.59 Å². The first-order valence-electron chi connectivity index (χ1n) is 9.21. The number of fused-ring (bicyclic) bond motifs is 1. The normalized spacial score (nSPS) is 21.1. The van der Waals surface area contributed by atoms with Crippen molar-refractivity contribution in [3.8, 4) is 0 Å². The van der Waals surface area contributed by atoms with Crippen molar-refractivity contribution in [1.82, 2.24) is 5.32 Å². The van der Waals surface area contributed by atoms with E-state index >= 15 is 0 Å². The maximum atomic E-state index is 12.3. The van der Waals surface area contributed by atoms with Gasteiger partial charge in [0, 0.05) is 36.3 Å². The number of urea groups is 1. The molecule has 1 saturated carbocycles. The van der Waals surface area contributed by atoms with Gasteiger partial charge in [-0.15, -0.1) is 0 Å². The number of aryl methyl sites for hydroxylation is 1. The van der Waals surface area contributed by atoms with E-state index in [2.05, 4.69) is 22.8 Å². The van der Waals surface area contributed by atoms with Crippen LogP contribution in [0, 0.1) is 0 Å². The molecule has 2 N–H and O–H groups in total. The first-order valence-corrected chi connectivity index (χ1v) is 9.21. The lowest BCUT2D eigenvalue weighted by molar-refractivity contribution is -0.118. The third kappa shape index (κ3) is 3.29. The van der Waals surface area contributed by atoms with Gasteiger partial charge in [-0.3, -0.25) is 4.79 Å². The summed E-state index contributed by atoms with van der Waals surface area (Å²) < 4.78 is 0. The smallest absolute Gasteiger partial charge is 0.319 e. The van der Waals surface area contributed by atoms with Crippen molar-refractivity contribution < 1.29 is 9.59 Å². The minimum Gasteiger partial charge on any atom is -0.334 e. The van der Waals surface area contributed by atoms with E-state index in [0.717, 1.165) is 29.8 Å². The topological polar surface area (TPSA) is 61.4 Å². The minimum atomic E-state index is -0.174. The number of nitrogens with zero attached hydrogens (tertiary/aromatic N) is 1. The van der Waals surface area contributed by atoms with E-state index in [-0.39, 0.29) is 18.0 Å². The molecule has 5 nitrogen and oxygen atoms in total. The maximum absolute atomic E-state index is 12.3. The molecule has 3 amide bonds. The molecule has 2 atom stereocenters. The van der Waals surface area contributed by atoms with Crippen LogP contribution in [0.4, 0.5) is 16.2 Å². The van der Waals surface area contributed by atoms with Crippen molar-refractivity contribution in [2.75, 3.05) is 16.8 Å². The number of nitrogens with one attached hydrogen (secondary N) is 2. The predicted octanol–water partition coefficient (Wildman–Crippen LogP) is 3.66. The summed E-state index contributed by atoms with van der Waals surface area (Å²) in [4.78, 5) is 26.1. The highest BCUT2D eigenvalue weighted by Crippen LogP contribution is 2.40. The highest BCUT2D eigenvalue weighted by molar-refractivity contribution is 5.97. The summed E-state index contributed by atoms with van der Waals surface area (Å²) in [5.74, 6) is 0.578. The third-order valence-electron chi connectivity index (χ3n) is 5.19. The molecule has 1 fully saturated rings. The fourth-order valence-electron chi connectivity index (χ4n) is 3.74. The molecule has 1 aliphatic carbocycles. The molecule has 0 unspecified atom stereocenters. The van der Waals surface area contributed by atoms with Crippen LogP contribution >= 0.6 is 0 Å². The molecular weight excluding hydrogens is 326 g/mol. The van der Waals surface area contributed by atoms with Crippen LogP contribution in [0.3, 0.4) is 0 Å². The fraction of sp³-hybridized carbons (Fsp3) is 0.333. The van der Waals surface area contributed by atoms with Crippen molar-refractivity contribution in [3.63, 3.8) is 0 Å².